The van der Waals surface area contributed by atoms with E-state index in [4.69, 9.17) is 0 Å². The Bertz CT molecular complexity index is 1080. The smallest absolute Gasteiger partial charge is 0.282 e. The Morgan fingerprint density at radius 1 is 1.23 bits per heavy atom. The van der Waals surface area contributed by atoms with Crippen molar-refractivity contribution in [1.82, 2.24) is 24.3 Å². The molecule has 1 aliphatic rings. The van der Waals surface area contributed by atoms with Crippen LogP contribution in [-0.4, -0.2) is 49.8 Å². The Morgan fingerprint density at radius 2 is 1.94 bits per heavy atom. The summed E-state index contributed by atoms with van der Waals surface area (Å²) in [5, 5.41) is 7.93. The van der Waals surface area contributed by atoms with Gasteiger partial charge in [0.25, 0.3) is 5.91 Å². The molecule has 0 aliphatic carbocycles. The van der Waals surface area contributed by atoms with Gasteiger partial charge in [-0.15, -0.1) is 11.7 Å². The van der Waals surface area contributed by atoms with Crippen LogP contribution in [0.15, 0.2) is 49.3 Å². The van der Waals surface area contributed by atoms with Crippen molar-refractivity contribution in [3.63, 3.8) is 0 Å². The number of pyridine rings is 1. The maximum Gasteiger partial charge on any atom is 0.282 e. The lowest BCUT2D eigenvalue weighted by atomic mass is 10.3. The molecule has 0 bridgehead atoms. The number of hydrogen-bond donors (Lipinski definition) is 1. The molecule has 1 fully saturated rings. The zero-order valence-corrected chi connectivity index (χ0v) is 18.8. The number of nitrogens with zero attached hydrogens (tertiary/aromatic N) is 6. The summed E-state index contributed by atoms with van der Waals surface area (Å²) in [6.07, 6.45) is 7.48. The largest absolute Gasteiger partial charge is 0.370 e. The monoisotopic (exact) mass is 441 g/mol. The summed E-state index contributed by atoms with van der Waals surface area (Å²) >= 11 is -1.81. The van der Waals surface area contributed by atoms with Crippen LogP contribution in [-0.2, 0) is 11.2 Å². The van der Waals surface area contributed by atoms with Gasteiger partial charge in [-0.2, -0.15) is 5.10 Å². The molecule has 1 atom stereocenters. The molecule has 0 saturated carbocycles. The number of rotatable bonds is 5. The van der Waals surface area contributed by atoms with E-state index in [1.165, 1.54) is 23.3 Å². The maximum absolute atomic E-state index is 12.7. The van der Waals surface area contributed by atoms with Crippen molar-refractivity contribution in [1.29, 1.82) is 0 Å². The van der Waals surface area contributed by atoms with Gasteiger partial charge < -0.3 is 4.90 Å². The molecule has 31 heavy (non-hydrogen) atoms. The van der Waals surface area contributed by atoms with Crippen molar-refractivity contribution in [2.24, 2.45) is 0 Å². The van der Waals surface area contributed by atoms with Gasteiger partial charge >= 0.3 is 0 Å². The number of hydrogen-bond acceptors (Lipinski definition) is 6. The first-order valence-corrected chi connectivity index (χ1v) is 11.1. The molecule has 3 aromatic heterocycles. The molecular weight excluding hydrogens is 414 g/mol. The molecule has 1 N–H and O–H groups in total. The van der Waals surface area contributed by atoms with Crippen molar-refractivity contribution >= 4 is 34.2 Å². The zero-order chi connectivity index (χ0) is 22.4. The van der Waals surface area contributed by atoms with Crippen LogP contribution >= 0.6 is 0 Å². The Balaban J connectivity index is 0.000000858. The van der Waals surface area contributed by atoms with Crippen molar-refractivity contribution in [3.8, 4) is 0 Å². The zero-order valence-electron chi connectivity index (χ0n) is 18.0. The number of carbonyl (C=O) groups excluding carboxylic acids is 1. The van der Waals surface area contributed by atoms with Gasteiger partial charge in [0.2, 0.25) is 11.2 Å². The number of allylic oxidation sites excluding steroid dienone is 1. The van der Waals surface area contributed by atoms with E-state index < -0.39 is 17.1 Å². The Morgan fingerprint density at radius 3 is 2.58 bits per heavy atom. The van der Waals surface area contributed by atoms with Gasteiger partial charge in [0.1, 0.15) is 11.3 Å². The lowest BCUT2D eigenvalue weighted by Crippen LogP contribution is -2.37. The number of imidazole rings is 1. The highest BCUT2D eigenvalue weighted by Crippen LogP contribution is 2.21. The van der Waals surface area contributed by atoms with Crippen LogP contribution in [0.4, 0.5) is 11.5 Å². The fourth-order valence-electron chi connectivity index (χ4n) is 3.14. The Labute approximate surface area is 184 Å². The van der Waals surface area contributed by atoms with E-state index in [0.29, 0.717) is 17.2 Å². The van der Waals surface area contributed by atoms with E-state index >= 15 is 0 Å². The first-order chi connectivity index (χ1) is 14.9. The van der Waals surface area contributed by atoms with Crippen LogP contribution in [0.5, 0.6) is 0 Å². The molecule has 1 aliphatic heterocycles. The Kier molecular flexibility index (Phi) is 7.35. The predicted molar refractivity (Wildman–Crippen MR) is 123 cm³/mol. The number of aryl methyl sites for hydroxylation is 1. The van der Waals surface area contributed by atoms with E-state index in [9.17, 15) is 9.00 Å². The highest BCUT2D eigenvalue weighted by atomic mass is 32.2. The number of nitrogens with one attached hydrogen (secondary N) is 1. The fraction of sp³-hybridized carbons (Fsp3) is 0.333. The van der Waals surface area contributed by atoms with E-state index in [2.05, 4.69) is 31.4 Å². The van der Waals surface area contributed by atoms with Gasteiger partial charge in [0.05, 0.1) is 17.6 Å². The van der Waals surface area contributed by atoms with Crippen LogP contribution in [0.3, 0.4) is 0 Å². The number of carbonyl (C=O) groups is 1. The molecule has 0 spiro atoms. The number of aromatic nitrogens is 4. The van der Waals surface area contributed by atoms with Crippen LogP contribution in [0.25, 0.3) is 5.65 Å². The van der Waals surface area contributed by atoms with Gasteiger partial charge in [0, 0.05) is 26.3 Å². The summed E-state index contributed by atoms with van der Waals surface area (Å²) in [6.45, 7) is 9.08. The molecule has 9 nitrogen and oxygen atoms in total. The molecule has 4 heterocycles. The summed E-state index contributed by atoms with van der Waals surface area (Å²) in [4.78, 5) is 19.3. The minimum Gasteiger partial charge on any atom is -0.370 e. The van der Waals surface area contributed by atoms with Crippen molar-refractivity contribution in [2.45, 2.75) is 26.7 Å². The molecule has 4 rings (SSSR count). The molecule has 3 aromatic rings. The molecule has 1 amide bonds. The third-order valence-corrected chi connectivity index (χ3v) is 5.77. The van der Waals surface area contributed by atoms with Gasteiger partial charge in [-0.05, 0) is 51.0 Å². The molecule has 10 heteroatoms. The first kappa shape index (κ1) is 22.4. The highest BCUT2D eigenvalue weighted by molar-refractivity contribution is 7.85. The van der Waals surface area contributed by atoms with Crippen LogP contribution in [0, 0.1) is 6.92 Å². The van der Waals surface area contributed by atoms with Crippen molar-refractivity contribution in [2.75, 3.05) is 29.3 Å². The van der Waals surface area contributed by atoms with Crippen molar-refractivity contribution < 1.29 is 9.00 Å². The van der Waals surface area contributed by atoms with Gasteiger partial charge in [-0.3, -0.25) is 18.2 Å². The van der Waals surface area contributed by atoms with Gasteiger partial charge in [-0.1, -0.05) is 6.08 Å². The normalized spacial score (nSPS) is 14.0. The lowest BCUT2D eigenvalue weighted by Gasteiger charge is -2.18. The average Bonchev–Trinajstić information content (AvgIpc) is 3.44. The topological polar surface area (TPSA) is 95.7 Å². The molecular formula is C21H27N7O2S. The fourth-order valence-corrected chi connectivity index (χ4v) is 3.81. The lowest BCUT2D eigenvalue weighted by molar-refractivity contribution is 0.0977. The molecule has 1 unspecified atom stereocenters. The molecule has 164 valence electrons. The number of fused-ring (bicyclic) bond motifs is 1. The minimum atomic E-state index is -1.81. The Hall–Kier alpha value is -3.27. The second-order valence-corrected chi connectivity index (χ2v) is 8.32. The third kappa shape index (κ3) is 5.26. The summed E-state index contributed by atoms with van der Waals surface area (Å²) in [6, 6.07) is 7.36. The second kappa shape index (κ2) is 10.2. The maximum atomic E-state index is 12.7. The van der Waals surface area contributed by atoms with Crippen molar-refractivity contribution in [3.05, 3.63) is 60.7 Å². The average molecular weight is 442 g/mol. The number of anilines is 2. The van der Waals surface area contributed by atoms with Crippen LogP contribution < -0.4 is 13.9 Å². The SMILES string of the molecule is C=CC.Cc1ccc(N(C)S(=O)NC(=O)c2cnc3ccc(N4CCCC4)cn23)nn1. The standard InChI is InChI=1S/C18H21N7O2S.C3H6/c1-13-5-7-17(21-20-13)23(2)28(27)22-18(26)15-11-19-16-8-6-14(12-25(15)16)24-9-3-4-10-24;1-3-2/h5-8,11-12H,3-4,9-10H2,1-2H3,(H,22,26);3H,1H2,2H3. The van der Waals surface area contributed by atoms with E-state index in [-0.39, 0.29) is 0 Å². The quantitative estimate of drug-likeness (QED) is 0.612. The number of amides is 1. The van der Waals surface area contributed by atoms with E-state index in [1.54, 1.807) is 29.7 Å². The minimum absolute atomic E-state index is 0.327. The third-order valence-electron chi connectivity index (χ3n) is 4.73. The van der Waals surface area contributed by atoms with Crippen LogP contribution in [0.2, 0.25) is 0 Å². The predicted octanol–water partition coefficient (Wildman–Crippen LogP) is 2.67. The first-order valence-electron chi connectivity index (χ1n) is 10.0. The summed E-state index contributed by atoms with van der Waals surface area (Å²) in [5.74, 6) is -0.0741. The summed E-state index contributed by atoms with van der Waals surface area (Å²) in [5.41, 5.74) is 2.79. The van der Waals surface area contributed by atoms with Gasteiger partial charge in [0.15, 0.2) is 5.82 Å². The molecule has 0 aromatic carbocycles. The highest BCUT2D eigenvalue weighted by Gasteiger charge is 2.19. The second-order valence-electron chi connectivity index (χ2n) is 7.07. The molecule has 1 saturated heterocycles. The van der Waals surface area contributed by atoms with E-state index in [1.807, 2.05) is 32.2 Å². The van der Waals surface area contributed by atoms with Crippen LogP contribution in [0.1, 0.15) is 35.9 Å². The van der Waals surface area contributed by atoms with E-state index in [0.717, 1.165) is 24.5 Å². The molecule has 0 radical (unpaired) electrons. The summed E-state index contributed by atoms with van der Waals surface area (Å²) in [7, 11) is 1.58. The van der Waals surface area contributed by atoms with Gasteiger partial charge in [-0.25, -0.2) is 9.19 Å². The summed E-state index contributed by atoms with van der Waals surface area (Å²) < 4.78 is 18.1.